The van der Waals surface area contributed by atoms with Gasteiger partial charge < -0.3 is 15.0 Å². The Balaban J connectivity index is 1.69. The fraction of sp³-hybridized carbons (Fsp3) is 0.368. The second kappa shape index (κ2) is 8.98. The molecule has 2 rings (SSSR count). The van der Waals surface area contributed by atoms with E-state index in [9.17, 15) is 0 Å². The van der Waals surface area contributed by atoms with E-state index in [0.717, 1.165) is 44.1 Å². The van der Waals surface area contributed by atoms with Crippen LogP contribution in [0.15, 0.2) is 54.6 Å². The molecule has 3 heteroatoms. The molecule has 1 N–H and O–H groups in total. The van der Waals surface area contributed by atoms with Crippen LogP contribution < -0.4 is 15.0 Å². The van der Waals surface area contributed by atoms with Gasteiger partial charge in [-0.05, 0) is 56.7 Å². The zero-order valence-electron chi connectivity index (χ0n) is 13.6. The largest absolute Gasteiger partial charge is 0.494 e. The first-order valence-corrected chi connectivity index (χ1v) is 8.10. The number of rotatable bonds is 9. The minimum atomic E-state index is 0.731. The van der Waals surface area contributed by atoms with Gasteiger partial charge in [0.15, 0.2) is 0 Å². The Morgan fingerprint density at radius 2 is 1.59 bits per heavy atom. The van der Waals surface area contributed by atoms with E-state index in [2.05, 4.69) is 48.3 Å². The van der Waals surface area contributed by atoms with Crippen molar-refractivity contribution in [3.8, 4) is 5.75 Å². The Labute approximate surface area is 133 Å². The molecule has 0 aliphatic rings. The Morgan fingerprint density at radius 1 is 0.909 bits per heavy atom. The van der Waals surface area contributed by atoms with E-state index in [1.54, 1.807) is 0 Å². The molecule has 118 valence electrons. The lowest BCUT2D eigenvalue weighted by Gasteiger charge is -2.21. The second-order valence-electron chi connectivity index (χ2n) is 5.16. The van der Waals surface area contributed by atoms with Gasteiger partial charge in [-0.2, -0.15) is 0 Å². The molecule has 0 saturated heterocycles. The average Bonchev–Trinajstić information content (AvgIpc) is 2.58. The maximum Gasteiger partial charge on any atom is 0.119 e. The first-order chi connectivity index (χ1) is 10.8. The molecule has 0 heterocycles. The summed E-state index contributed by atoms with van der Waals surface area (Å²) in [6.45, 7) is 8.09. The number of para-hydroxylation sites is 1. The van der Waals surface area contributed by atoms with Crippen LogP contribution in [0.2, 0.25) is 0 Å². The van der Waals surface area contributed by atoms with E-state index in [-0.39, 0.29) is 0 Å². The molecule has 0 saturated carbocycles. The smallest absolute Gasteiger partial charge is 0.119 e. The fourth-order valence-corrected chi connectivity index (χ4v) is 2.39. The number of nitrogens with zero attached hydrogens (tertiary/aromatic N) is 1. The summed E-state index contributed by atoms with van der Waals surface area (Å²) in [5.41, 5.74) is 2.44. The summed E-state index contributed by atoms with van der Waals surface area (Å²) < 4.78 is 5.68. The molecule has 0 aromatic heterocycles. The number of nitrogens with one attached hydrogen (secondary N) is 1. The van der Waals surface area contributed by atoms with Crippen LogP contribution in [-0.2, 0) is 0 Å². The van der Waals surface area contributed by atoms with Crippen LogP contribution in [0.25, 0.3) is 0 Å². The van der Waals surface area contributed by atoms with Crippen LogP contribution in [0.5, 0.6) is 5.75 Å². The second-order valence-corrected chi connectivity index (χ2v) is 5.16. The van der Waals surface area contributed by atoms with Gasteiger partial charge in [-0.25, -0.2) is 0 Å². The summed E-state index contributed by atoms with van der Waals surface area (Å²) in [4.78, 5) is 2.34. The normalized spacial score (nSPS) is 10.3. The van der Waals surface area contributed by atoms with Gasteiger partial charge in [-0.3, -0.25) is 0 Å². The summed E-state index contributed by atoms with van der Waals surface area (Å²) in [6, 6.07) is 18.6. The van der Waals surface area contributed by atoms with Gasteiger partial charge in [-0.15, -0.1) is 0 Å². The minimum absolute atomic E-state index is 0.731. The molecule has 2 aromatic carbocycles. The molecule has 0 bridgehead atoms. The predicted octanol–water partition coefficient (Wildman–Crippen LogP) is 4.41. The van der Waals surface area contributed by atoms with E-state index in [4.69, 9.17) is 4.74 Å². The van der Waals surface area contributed by atoms with Crippen LogP contribution in [0.4, 0.5) is 11.4 Å². The first-order valence-electron chi connectivity index (χ1n) is 8.10. The van der Waals surface area contributed by atoms with Crippen molar-refractivity contribution in [2.45, 2.75) is 20.3 Å². The van der Waals surface area contributed by atoms with E-state index in [0.29, 0.717) is 0 Å². The van der Waals surface area contributed by atoms with E-state index in [1.165, 1.54) is 5.69 Å². The topological polar surface area (TPSA) is 24.5 Å². The number of anilines is 2. The minimum Gasteiger partial charge on any atom is -0.494 e. The lowest BCUT2D eigenvalue weighted by atomic mass is 10.2. The molecule has 0 spiro atoms. The van der Waals surface area contributed by atoms with Gasteiger partial charge in [0, 0.05) is 31.0 Å². The van der Waals surface area contributed by atoms with Crippen molar-refractivity contribution >= 4 is 11.4 Å². The summed E-state index contributed by atoms with van der Waals surface area (Å²) in [5, 5.41) is 3.43. The van der Waals surface area contributed by atoms with Crippen LogP contribution in [-0.4, -0.2) is 26.2 Å². The van der Waals surface area contributed by atoms with Gasteiger partial charge >= 0.3 is 0 Å². The van der Waals surface area contributed by atoms with Gasteiger partial charge in [0.05, 0.1) is 6.61 Å². The van der Waals surface area contributed by atoms with Crippen LogP contribution in [0, 0.1) is 0 Å². The highest BCUT2D eigenvalue weighted by Gasteiger charge is 2.01. The lowest BCUT2D eigenvalue weighted by molar-refractivity contribution is 0.315. The van der Waals surface area contributed by atoms with Crippen molar-refractivity contribution < 1.29 is 4.74 Å². The Kier molecular flexibility index (Phi) is 6.62. The zero-order valence-corrected chi connectivity index (χ0v) is 13.6. The fourth-order valence-electron chi connectivity index (χ4n) is 2.39. The van der Waals surface area contributed by atoms with E-state index < -0.39 is 0 Å². The van der Waals surface area contributed by atoms with Crippen molar-refractivity contribution in [3.05, 3.63) is 54.6 Å². The van der Waals surface area contributed by atoms with Gasteiger partial charge in [0.1, 0.15) is 5.75 Å². The van der Waals surface area contributed by atoms with E-state index in [1.807, 2.05) is 30.3 Å². The van der Waals surface area contributed by atoms with Crippen LogP contribution in [0.3, 0.4) is 0 Å². The zero-order chi connectivity index (χ0) is 15.6. The summed E-state index contributed by atoms with van der Waals surface area (Å²) in [5.74, 6) is 0.936. The molecule has 3 nitrogen and oxygen atoms in total. The molecule has 0 aliphatic carbocycles. The standard InChI is InChI=1S/C19H26N2O/c1-3-21(4-2)18-13-11-17(12-14-18)20-15-8-16-22-19-9-6-5-7-10-19/h5-7,9-14,20H,3-4,8,15-16H2,1-2H3. The number of hydrogen-bond donors (Lipinski definition) is 1. The predicted molar refractivity (Wildman–Crippen MR) is 95.0 cm³/mol. The summed E-state index contributed by atoms with van der Waals surface area (Å²) >= 11 is 0. The molecular weight excluding hydrogens is 272 g/mol. The molecule has 0 aliphatic heterocycles. The quantitative estimate of drug-likeness (QED) is 0.694. The average molecular weight is 298 g/mol. The Bertz CT molecular complexity index is 521. The van der Waals surface area contributed by atoms with E-state index >= 15 is 0 Å². The summed E-state index contributed by atoms with van der Waals surface area (Å²) in [7, 11) is 0. The Morgan fingerprint density at radius 3 is 2.23 bits per heavy atom. The van der Waals surface area contributed by atoms with Crippen molar-refractivity contribution in [2.24, 2.45) is 0 Å². The number of hydrogen-bond acceptors (Lipinski definition) is 3. The van der Waals surface area contributed by atoms with Crippen molar-refractivity contribution in [2.75, 3.05) is 36.5 Å². The molecule has 2 aromatic rings. The number of benzene rings is 2. The third-order valence-corrected chi connectivity index (χ3v) is 3.66. The molecule has 0 fully saturated rings. The highest BCUT2D eigenvalue weighted by Crippen LogP contribution is 2.17. The SMILES string of the molecule is CCN(CC)c1ccc(NCCCOc2ccccc2)cc1. The number of ether oxygens (including phenoxy) is 1. The molecule has 0 radical (unpaired) electrons. The molecule has 0 amide bonds. The molecule has 22 heavy (non-hydrogen) atoms. The maximum atomic E-state index is 5.68. The van der Waals surface area contributed by atoms with Gasteiger partial charge in [0.25, 0.3) is 0 Å². The van der Waals surface area contributed by atoms with Crippen molar-refractivity contribution in [3.63, 3.8) is 0 Å². The molecular formula is C19H26N2O. The van der Waals surface area contributed by atoms with Gasteiger partial charge in [0.2, 0.25) is 0 Å². The molecule has 0 atom stereocenters. The molecule has 0 unspecified atom stereocenters. The van der Waals surface area contributed by atoms with Crippen LogP contribution >= 0.6 is 0 Å². The lowest BCUT2D eigenvalue weighted by Crippen LogP contribution is -2.21. The highest BCUT2D eigenvalue weighted by molar-refractivity contribution is 5.55. The maximum absolute atomic E-state index is 5.68. The van der Waals surface area contributed by atoms with Crippen LogP contribution in [0.1, 0.15) is 20.3 Å². The van der Waals surface area contributed by atoms with Crippen molar-refractivity contribution in [1.29, 1.82) is 0 Å². The monoisotopic (exact) mass is 298 g/mol. The third kappa shape index (κ3) is 4.99. The third-order valence-electron chi connectivity index (χ3n) is 3.66. The first kappa shape index (κ1) is 16.2. The summed E-state index contributed by atoms with van der Waals surface area (Å²) in [6.07, 6.45) is 0.979. The highest BCUT2D eigenvalue weighted by atomic mass is 16.5. The van der Waals surface area contributed by atoms with Gasteiger partial charge in [-0.1, -0.05) is 18.2 Å². The van der Waals surface area contributed by atoms with Crippen molar-refractivity contribution in [1.82, 2.24) is 0 Å². The Hall–Kier alpha value is -2.16.